The van der Waals surface area contributed by atoms with E-state index in [4.69, 9.17) is 5.73 Å². The number of carbonyl (C=O) groups is 2. The number of aromatic nitrogens is 4. The van der Waals surface area contributed by atoms with E-state index in [0.717, 1.165) is 30.3 Å². The molecule has 0 spiro atoms. The number of hydrogen-bond donors (Lipinski definition) is 7. The van der Waals surface area contributed by atoms with E-state index in [0.29, 0.717) is 44.4 Å². The Morgan fingerprint density at radius 3 is 2.60 bits per heavy atom. The van der Waals surface area contributed by atoms with Gasteiger partial charge in [-0.15, -0.1) is 11.3 Å². The number of halogens is 1. The fourth-order valence-electron chi connectivity index (χ4n) is 6.16. The molecule has 1 fully saturated rings. The van der Waals surface area contributed by atoms with Gasteiger partial charge in [0.25, 0.3) is 5.91 Å². The maximum atomic E-state index is 13.5. The molecule has 3 amide bonds. The number of carbonyl (C=O) groups excluding carboxylic acids is 2. The van der Waals surface area contributed by atoms with Crippen LogP contribution in [0.3, 0.4) is 0 Å². The van der Waals surface area contributed by atoms with E-state index in [-0.39, 0.29) is 41.0 Å². The average Bonchev–Trinajstić information content (AvgIpc) is 3.81. The Hall–Kier alpha value is -5.93. The molecule has 0 radical (unpaired) electrons. The standard InChI is InChI=1S/C20H20N4O3.C17H19FN4O2S/c1-11(2)14-9-15(18(26)10-17(14)25)19-21-22-20(27)24(19)13-4-5-16-12(8-13)6-7-23(16)3;18-11-4-1-3-10(7-11)14-8-13(22-17(19)24)15(25-14)16(23)21-12-5-2-6-20-9-12/h4-11,25-26H,1-3H3,(H,22,27);1,3-4,7-8,12,20H,2,5-6,9H2,(H,21,23)(H3,19,22,24)/t;12-/m.0/s1. The van der Waals surface area contributed by atoms with Gasteiger partial charge < -0.3 is 36.5 Å². The Bertz CT molecular complexity index is 2320. The minimum Gasteiger partial charge on any atom is -0.508 e. The Balaban J connectivity index is 0.000000179. The van der Waals surface area contributed by atoms with Crippen LogP contribution < -0.4 is 27.4 Å². The zero-order chi connectivity index (χ0) is 37.1. The molecule has 1 atom stereocenters. The van der Waals surface area contributed by atoms with Crippen LogP contribution in [-0.4, -0.2) is 60.6 Å². The fourth-order valence-corrected chi connectivity index (χ4v) is 7.17. The van der Waals surface area contributed by atoms with Gasteiger partial charge in [-0.3, -0.25) is 4.79 Å². The quantitative estimate of drug-likeness (QED) is 0.108. The number of amides is 3. The molecule has 0 bridgehead atoms. The number of hydrogen-bond acceptors (Lipinski definition) is 8. The number of phenolic OH excluding ortho intramolecular Hbond substituents is 2. The first-order valence-corrected chi connectivity index (χ1v) is 17.5. The number of benzene rings is 3. The van der Waals surface area contributed by atoms with Crippen LogP contribution in [0.2, 0.25) is 0 Å². The van der Waals surface area contributed by atoms with Crippen LogP contribution in [0, 0.1) is 5.82 Å². The zero-order valence-electron chi connectivity index (χ0n) is 28.7. The van der Waals surface area contributed by atoms with Crippen molar-refractivity contribution in [2.24, 2.45) is 12.8 Å². The number of nitrogens with two attached hydrogens (primary N) is 1. The van der Waals surface area contributed by atoms with Crippen molar-refractivity contribution in [3.63, 3.8) is 0 Å². The minimum absolute atomic E-state index is 0.0152. The largest absolute Gasteiger partial charge is 0.508 e. The van der Waals surface area contributed by atoms with Crippen LogP contribution in [0.4, 0.5) is 14.9 Å². The Kier molecular flexibility index (Phi) is 10.4. The number of urea groups is 1. The van der Waals surface area contributed by atoms with Gasteiger partial charge in [0.05, 0.1) is 16.9 Å². The predicted octanol–water partition coefficient (Wildman–Crippen LogP) is 5.78. The number of thiophene rings is 1. The fraction of sp³-hybridized carbons (Fsp3) is 0.243. The van der Waals surface area contributed by atoms with Crippen molar-refractivity contribution < 1.29 is 24.2 Å². The lowest BCUT2D eigenvalue weighted by atomic mass is 9.98. The number of anilines is 1. The van der Waals surface area contributed by atoms with E-state index in [1.54, 1.807) is 24.3 Å². The van der Waals surface area contributed by atoms with E-state index in [9.17, 15) is 29.0 Å². The highest BCUT2D eigenvalue weighted by atomic mass is 32.1. The first kappa shape index (κ1) is 35.9. The molecule has 13 nitrogen and oxygen atoms in total. The molecular weight excluding hydrogens is 688 g/mol. The van der Waals surface area contributed by atoms with Gasteiger partial charge in [-0.05, 0) is 85.0 Å². The second-order valence-corrected chi connectivity index (χ2v) is 13.9. The molecule has 270 valence electrons. The second kappa shape index (κ2) is 15.1. The van der Waals surface area contributed by atoms with E-state index in [1.165, 1.54) is 34.1 Å². The predicted molar refractivity (Wildman–Crippen MR) is 200 cm³/mol. The van der Waals surface area contributed by atoms with Gasteiger partial charge in [-0.2, -0.15) is 5.10 Å². The Morgan fingerprint density at radius 2 is 1.88 bits per heavy atom. The van der Waals surface area contributed by atoms with Crippen LogP contribution in [0.1, 0.15) is 47.8 Å². The lowest BCUT2D eigenvalue weighted by Gasteiger charge is -2.23. The molecular formula is C37H39FN8O5S. The summed E-state index contributed by atoms with van der Waals surface area (Å²) in [4.78, 5) is 37.4. The van der Waals surface area contributed by atoms with E-state index in [2.05, 4.69) is 26.1 Å². The first-order valence-electron chi connectivity index (χ1n) is 16.7. The molecule has 4 heterocycles. The highest BCUT2D eigenvalue weighted by molar-refractivity contribution is 7.18. The summed E-state index contributed by atoms with van der Waals surface area (Å²) in [6, 6.07) is 17.6. The summed E-state index contributed by atoms with van der Waals surface area (Å²) >= 11 is 1.19. The number of H-pyrrole nitrogens is 1. The molecule has 0 saturated carbocycles. The number of nitrogens with one attached hydrogen (secondary N) is 4. The molecule has 15 heteroatoms. The number of aromatic amines is 1. The lowest BCUT2D eigenvalue weighted by molar-refractivity contribution is 0.0935. The normalized spacial score (nSPS) is 14.2. The van der Waals surface area contributed by atoms with Crippen molar-refractivity contribution in [2.75, 3.05) is 18.4 Å². The Morgan fingerprint density at radius 1 is 1.08 bits per heavy atom. The summed E-state index contributed by atoms with van der Waals surface area (Å²) in [5.41, 5.74) is 8.50. The van der Waals surface area contributed by atoms with Crippen molar-refractivity contribution in [3.05, 3.63) is 99.7 Å². The van der Waals surface area contributed by atoms with E-state index < -0.39 is 11.7 Å². The van der Waals surface area contributed by atoms with Crippen molar-refractivity contribution in [3.8, 4) is 39.0 Å². The summed E-state index contributed by atoms with van der Waals surface area (Å²) in [5.74, 6) is -0.433. The summed E-state index contributed by atoms with van der Waals surface area (Å²) in [5, 5.41) is 36.7. The SMILES string of the molecule is CC(C)c1cc(-c2n[nH]c(=O)n2-c2ccc3c(ccn3C)c2)c(O)cc1O.NC(=O)Nc1cc(-c2cccc(F)c2)sc1C(=O)N[C@H]1CCCNC1. The third-order valence-corrected chi connectivity index (χ3v) is 9.93. The molecule has 8 N–H and O–H groups in total. The van der Waals surface area contributed by atoms with E-state index in [1.807, 2.05) is 55.9 Å². The van der Waals surface area contributed by atoms with Crippen LogP contribution in [0.25, 0.3) is 38.4 Å². The molecule has 1 aliphatic heterocycles. The molecule has 1 aliphatic rings. The van der Waals surface area contributed by atoms with Gasteiger partial charge in [0, 0.05) is 47.7 Å². The van der Waals surface area contributed by atoms with Crippen molar-refractivity contribution in [1.29, 1.82) is 0 Å². The smallest absolute Gasteiger partial charge is 0.348 e. The van der Waals surface area contributed by atoms with Crippen LogP contribution in [-0.2, 0) is 7.05 Å². The van der Waals surface area contributed by atoms with E-state index >= 15 is 0 Å². The molecule has 3 aromatic heterocycles. The number of aryl methyl sites for hydroxylation is 1. The molecule has 7 rings (SSSR count). The highest BCUT2D eigenvalue weighted by Crippen LogP contribution is 2.38. The van der Waals surface area contributed by atoms with Gasteiger partial charge in [-0.1, -0.05) is 26.0 Å². The monoisotopic (exact) mass is 726 g/mol. The maximum Gasteiger partial charge on any atom is 0.348 e. The summed E-state index contributed by atoms with van der Waals surface area (Å²) in [6.07, 6.45) is 3.85. The van der Waals surface area contributed by atoms with Crippen LogP contribution in [0.5, 0.6) is 11.5 Å². The summed E-state index contributed by atoms with van der Waals surface area (Å²) < 4.78 is 16.9. The number of rotatable bonds is 7. The minimum atomic E-state index is -0.753. The van der Waals surface area contributed by atoms with Crippen LogP contribution in [0.15, 0.2) is 77.7 Å². The number of nitrogens with zero attached hydrogens (tertiary/aromatic N) is 3. The third-order valence-electron chi connectivity index (χ3n) is 8.74. The number of phenols is 2. The van der Waals surface area contributed by atoms with Crippen LogP contribution >= 0.6 is 11.3 Å². The van der Waals surface area contributed by atoms with Crippen molar-refractivity contribution >= 4 is 39.9 Å². The Labute approximate surface area is 301 Å². The van der Waals surface area contributed by atoms with Gasteiger partial charge in [0.15, 0.2) is 5.82 Å². The zero-order valence-corrected chi connectivity index (χ0v) is 29.6. The molecule has 6 aromatic rings. The third kappa shape index (κ3) is 7.70. The lowest BCUT2D eigenvalue weighted by Crippen LogP contribution is -2.45. The molecule has 52 heavy (non-hydrogen) atoms. The maximum absolute atomic E-state index is 13.5. The topological polar surface area (TPSA) is 192 Å². The van der Waals surface area contributed by atoms with Gasteiger partial charge in [-0.25, -0.2) is 23.6 Å². The first-order chi connectivity index (χ1) is 24.9. The van der Waals surface area contributed by atoms with Crippen molar-refractivity contribution in [2.45, 2.75) is 38.6 Å². The van der Waals surface area contributed by atoms with Crippen molar-refractivity contribution in [1.82, 2.24) is 30.0 Å². The summed E-state index contributed by atoms with van der Waals surface area (Å²) in [7, 11) is 1.96. The number of primary amides is 1. The molecule has 0 aliphatic carbocycles. The van der Waals surface area contributed by atoms with Gasteiger partial charge >= 0.3 is 11.7 Å². The van der Waals surface area contributed by atoms with Gasteiger partial charge in [0.2, 0.25) is 0 Å². The molecule has 3 aromatic carbocycles. The number of fused-ring (bicyclic) bond motifs is 1. The second-order valence-electron chi connectivity index (χ2n) is 12.8. The number of aromatic hydroxyl groups is 2. The average molecular weight is 727 g/mol. The highest BCUT2D eigenvalue weighted by Gasteiger charge is 2.23. The summed E-state index contributed by atoms with van der Waals surface area (Å²) in [6.45, 7) is 5.55. The molecule has 0 unspecified atom stereocenters. The molecule has 1 saturated heterocycles. The number of piperidine rings is 1. The van der Waals surface area contributed by atoms with Gasteiger partial charge in [0.1, 0.15) is 22.2 Å².